The number of methoxy groups -OCH3 is 1. The summed E-state index contributed by atoms with van der Waals surface area (Å²) >= 11 is 9.47. The van der Waals surface area contributed by atoms with Crippen LogP contribution in [-0.4, -0.2) is 33.7 Å². The van der Waals surface area contributed by atoms with Crippen LogP contribution in [0.3, 0.4) is 0 Å². The van der Waals surface area contributed by atoms with Gasteiger partial charge in [0.25, 0.3) is 0 Å². The standard InChI is InChI=1S/C12H14BrClN2O4S/c1-20-11-4-10(9(14)3-8(11)13)16-5-7(2-12(16)17)6-21(15,18)19/h3-4,7H,2,5-6H2,1H3,(H2,15,18,19). The average Bonchev–Trinajstić information content (AvgIpc) is 2.68. The Morgan fingerprint density at radius 1 is 1.52 bits per heavy atom. The number of rotatable bonds is 4. The fourth-order valence-electron chi connectivity index (χ4n) is 2.34. The lowest BCUT2D eigenvalue weighted by Gasteiger charge is -2.19. The van der Waals surface area contributed by atoms with E-state index in [9.17, 15) is 13.2 Å². The zero-order valence-corrected chi connectivity index (χ0v) is 14.3. The van der Waals surface area contributed by atoms with Crippen LogP contribution in [0.1, 0.15) is 6.42 Å². The molecule has 0 spiro atoms. The second-order valence-electron chi connectivity index (χ2n) is 4.84. The fourth-order valence-corrected chi connectivity index (χ4v) is 4.12. The van der Waals surface area contributed by atoms with Crippen molar-refractivity contribution in [1.82, 2.24) is 0 Å². The second kappa shape index (κ2) is 6.12. The number of benzene rings is 1. The largest absolute Gasteiger partial charge is 0.495 e. The summed E-state index contributed by atoms with van der Waals surface area (Å²) in [6.45, 7) is 0.264. The summed E-state index contributed by atoms with van der Waals surface area (Å²) in [5, 5.41) is 5.41. The third-order valence-electron chi connectivity index (χ3n) is 3.19. The van der Waals surface area contributed by atoms with E-state index >= 15 is 0 Å². The average molecular weight is 398 g/mol. The first-order valence-corrected chi connectivity index (χ1v) is 8.93. The van der Waals surface area contributed by atoms with Gasteiger partial charge in [0.05, 0.1) is 28.0 Å². The van der Waals surface area contributed by atoms with Crippen LogP contribution in [0, 0.1) is 5.92 Å². The van der Waals surface area contributed by atoms with Crippen molar-refractivity contribution in [1.29, 1.82) is 0 Å². The number of hydrogen-bond donors (Lipinski definition) is 1. The van der Waals surface area contributed by atoms with Gasteiger partial charge in [-0.3, -0.25) is 4.79 Å². The molecule has 2 N–H and O–H groups in total. The molecule has 0 aliphatic carbocycles. The third kappa shape index (κ3) is 3.88. The molecular formula is C12H14BrClN2O4S. The molecule has 0 saturated carbocycles. The minimum absolute atomic E-state index is 0.130. The molecule has 1 aromatic rings. The van der Waals surface area contributed by atoms with E-state index in [0.29, 0.717) is 20.9 Å². The minimum Gasteiger partial charge on any atom is -0.495 e. The summed E-state index contributed by atoms with van der Waals surface area (Å²) in [5.41, 5.74) is 0.499. The van der Waals surface area contributed by atoms with Crippen molar-refractivity contribution in [3.63, 3.8) is 0 Å². The molecule has 0 aromatic heterocycles. The summed E-state index contributed by atoms with van der Waals surface area (Å²) in [6.07, 6.45) is 0.130. The van der Waals surface area contributed by atoms with Gasteiger partial charge in [0.1, 0.15) is 5.75 Å². The van der Waals surface area contributed by atoms with Crippen LogP contribution in [-0.2, 0) is 14.8 Å². The first kappa shape index (κ1) is 16.5. The lowest BCUT2D eigenvalue weighted by molar-refractivity contribution is -0.117. The Balaban J connectivity index is 2.29. The Morgan fingerprint density at radius 2 is 2.19 bits per heavy atom. The van der Waals surface area contributed by atoms with Gasteiger partial charge in [-0.25, -0.2) is 13.6 Å². The molecule has 1 aliphatic heterocycles. The lowest BCUT2D eigenvalue weighted by Crippen LogP contribution is -2.27. The Bertz CT molecular complexity index is 680. The molecule has 1 unspecified atom stereocenters. The Labute approximate surface area is 136 Å². The van der Waals surface area contributed by atoms with Crippen LogP contribution in [0.4, 0.5) is 5.69 Å². The van der Waals surface area contributed by atoms with Gasteiger partial charge >= 0.3 is 0 Å². The molecule has 1 heterocycles. The maximum atomic E-state index is 12.1. The predicted molar refractivity (Wildman–Crippen MR) is 84.1 cm³/mol. The van der Waals surface area contributed by atoms with E-state index in [-0.39, 0.29) is 30.5 Å². The Kier molecular flexibility index (Phi) is 4.82. The van der Waals surface area contributed by atoms with E-state index in [1.54, 1.807) is 12.1 Å². The number of amides is 1. The summed E-state index contributed by atoms with van der Waals surface area (Å²) in [5.74, 6) is -0.203. The number of sulfonamides is 1. The van der Waals surface area contributed by atoms with Crippen molar-refractivity contribution in [2.75, 3.05) is 24.3 Å². The van der Waals surface area contributed by atoms with E-state index in [2.05, 4.69) is 15.9 Å². The minimum atomic E-state index is -3.61. The SMILES string of the molecule is COc1cc(N2CC(CS(N)(=O)=O)CC2=O)c(Cl)cc1Br. The van der Waals surface area contributed by atoms with Gasteiger partial charge in [-0.15, -0.1) is 0 Å². The van der Waals surface area contributed by atoms with Crippen LogP contribution < -0.4 is 14.8 Å². The molecule has 1 aromatic carbocycles. The summed E-state index contributed by atoms with van der Waals surface area (Å²) < 4.78 is 28.1. The number of carbonyl (C=O) groups is 1. The monoisotopic (exact) mass is 396 g/mol. The van der Waals surface area contributed by atoms with Gasteiger partial charge in [-0.05, 0) is 22.0 Å². The van der Waals surface area contributed by atoms with Crippen LogP contribution in [0.15, 0.2) is 16.6 Å². The first-order chi connectivity index (χ1) is 9.71. The molecular weight excluding hydrogens is 384 g/mol. The maximum absolute atomic E-state index is 12.1. The highest BCUT2D eigenvalue weighted by Crippen LogP contribution is 2.38. The number of carbonyl (C=O) groups excluding carboxylic acids is 1. The van der Waals surface area contributed by atoms with E-state index in [4.69, 9.17) is 21.5 Å². The topological polar surface area (TPSA) is 89.7 Å². The summed E-state index contributed by atoms with van der Waals surface area (Å²) in [7, 11) is -2.10. The fraction of sp³-hybridized carbons (Fsp3) is 0.417. The molecule has 6 nitrogen and oxygen atoms in total. The van der Waals surface area contributed by atoms with Gasteiger partial charge in [-0.1, -0.05) is 11.6 Å². The first-order valence-electron chi connectivity index (χ1n) is 6.05. The van der Waals surface area contributed by atoms with E-state index in [1.165, 1.54) is 12.0 Å². The van der Waals surface area contributed by atoms with Crippen LogP contribution in [0.25, 0.3) is 0 Å². The molecule has 1 amide bonds. The van der Waals surface area contributed by atoms with Crippen molar-refractivity contribution in [2.45, 2.75) is 6.42 Å². The van der Waals surface area contributed by atoms with Crippen LogP contribution in [0.5, 0.6) is 5.75 Å². The molecule has 116 valence electrons. The van der Waals surface area contributed by atoms with Crippen molar-refractivity contribution in [3.8, 4) is 5.75 Å². The van der Waals surface area contributed by atoms with Crippen molar-refractivity contribution in [3.05, 3.63) is 21.6 Å². The second-order valence-corrected chi connectivity index (χ2v) is 7.76. The highest BCUT2D eigenvalue weighted by atomic mass is 79.9. The van der Waals surface area contributed by atoms with Gasteiger partial charge in [-0.2, -0.15) is 0 Å². The number of halogens is 2. The highest BCUT2D eigenvalue weighted by molar-refractivity contribution is 9.10. The quantitative estimate of drug-likeness (QED) is 0.838. The summed E-state index contributed by atoms with van der Waals surface area (Å²) in [4.78, 5) is 13.6. The molecule has 9 heteroatoms. The normalized spacial score (nSPS) is 19.1. The van der Waals surface area contributed by atoms with Gasteiger partial charge in [0.15, 0.2) is 0 Å². The highest BCUT2D eigenvalue weighted by Gasteiger charge is 2.34. The molecule has 1 fully saturated rings. The zero-order chi connectivity index (χ0) is 15.8. The maximum Gasteiger partial charge on any atom is 0.227 e. The zero-order valence-electron chi connectivity index (χ0n) is 11.2. The Hall–Kier alpha value is -0.830. The molecule has 0 bridgehead atoms. The smallest absolute Gasteiger partial charge is 0.227 e. The molecule has 1 aliphatic rings. The lowest BCUT2D eigenvalue weighted by atomic mass is 10.1. The molecule has 2 rings (SSSR count). The van der Waals surface area contributed by atoms with Crippen LogP contribution in [0.2, 0.25) is 5.02 Å². The van der Waals surface area contributed by atoms with Crippen molar-refractivity contribution >= 4 is 49.1 Å². The predicted octanol–water partition coefficient (Wildman–Crippen LogP) is 1.75. The van der Waals surface area contributed by atoms with Gasteiger partial charge < -0.3 is 9.64 Å². The van der Waals surface area contributed by atoms with E-state index < -0.39 is 10.0 Å². The number of nitrogens with zero attached hydrogens (tertiary/aromatic N) is 1. The molecule has 0 radical (unpaired) electrons. The number of ether oxygens (including phenoxy) is 1. The Morgan fingerprint density at radius 3 is 2.76 bits per heavy atom. The number of anilines is 1. The molecule has 1 atom stereocenters. The van der Waals surface area contributed by atoms with E-state index in [1.807, 2.05) is 0 Å². The van der Waals surface area contributed by atoms with Gasteiger partial charge in [0.2, 0.25) is 15.9 Å². The number of nitrogens with two attached hydrogens (primary N) is 1. The van der Waals surface area contributed by atoms with Crippen molar-refractivity contribution < 1.29 is 17.9 Å². The van der Waals surface area contributed by atoms with E-state index in [0.717, 1.165) is 0 Å². The third-order valence-corrected chi connectivity index (χ3v) is 5.04. The van der Waals surface area contributed by atoms with Gasteiger partial charge in [0, 0.05) is 24.9 Å². The number of primary sulfonamides is 1. The van der Waals surface area contributed by atoms with Crippen LogP contribution >= 0.6 is 27.5 Å². The molecule has 21 heavy (non-hydrogen) atoms. The molecule has 1 saturated heterocycles. The van der Waals surface area contributed by atoms with Crippen molar-refractivity contribution in [2.24, 2.45) is 11.1 Å². The summed E-state index contributed by atoms with van der Waals surface area (Å²) in [6, 6.07) is 3.28. The number of hydrogen-bond acceptors (Lipinski definition) is 4.